The van der Waals surface area contributed by atoms with Gasteiger partial charge in [-0.25, -0.2) is 0 Å². The lowest BCUT2D eigenvalue weighted by Crippen LogP contribution is -2.55. The fraction of sp³-hybridized carbons (Fsp3) is 0.500. The molecule has 0 aliphatic heterocycles. The largest absolute Gasteiger partial charge is 0.480 e. The first kappa shape index (κ1) is 16.5. The van der Waals surface area contributed by atoms with Crippen molar-refractivity contribution in [2.24, 2.45) is 0 Å². The van der Waals surface area contributed by atoms with Gasteiger partial charge in [0.25, 0.3) is 5.91 Å². The van der Waals surface area contributed by atoms with Gasteiger partial charge in [-0.1, -0.05) is 37.3 Å². The average molecular weight is 306 g/mol. The van der Waals surface area contributed by atoms with E-state index in [1.165, 1.54) is 0 Å². The number of hydrogen-bond donors (Lipinski definition) is 3. The second-order valence-electron chi connectivity index (χ2n) is 5.60. The van der Waals surface area contributed by atoms with Crippen molar-refractivity contribution in [1.82, 2.24) is 10.2 Å². The molecule has 120 valence electrons. The van der Waals surface area contributed by atoms with Crippen LogP contribution in [0.2, 0.25) is 0 Å². The highest BCUT2D eigenvalue weighted by atomic mass is 16.4. The van der Waals surface area contributed by atoms with Crippen LogP contribution in [-0.4, -0.2) is 52.2 Å². The number of carbonyl (C=O) groups excluding carboxylic acids is 1. The average Bonchev–Trinajstić information content (AvgIpc) is 2.48. The highest BCUT2D eigenvalue weighted by molar-refractivity contribution is 5.82. The van der Waals surface area contributed by atoms with Crippen LogP contribution in [0.5, 0.6) is 0 Å². The summed E-state index contributed by atoms with van der Waals surface area (Å²) in [7, 11) is 0. The van der Waals surface area contributed by atoms with E-state index in [0.29, 0.717) is 24.9 Å². The van der Waals surface area contributed by atoms with Gasteiger partial charge in [0.05, 0.1) is 6.54 Å². The summed E-state index contributed by atoms with van der Waals surface area (Å²) in [5.74, 6) is -1.25. The van der Waals surface area contributed by atoms with E-state index in [4.69, 9.17) is 5.11 Å². The molecule has 1 saturated carbocycles. The van der Waals surface area contributed by atoms with Gasteiger partial charge in [-0.2, -0.15) is 0 Å². The van der Waals surface area contributed by atoms with Crippen molar-refractivity contribution in [2.75, 3.05) is 13.1 Å². The van der Waals surface area contributed by atoms with Gasteiger partial charge in [-0.15, -0.1) is 0 Å². The minimum atomic E-state index is -1.17. The first-order valence-electron chi connectivity index (χ1n) is 7.50. The number of carboxylic acids is 1. The Kier molecular flexibility index (Phi) is 5.51. The third kappa shape index (κ3) is 4.05. The smallest absolute Gasteiger partial charge is 0.317 e. The molecule has 0 bridgehead atoms. The molecule has 2 rings (SSSR count). The van der Waals surface area contributed by atoms with E-state index in [9.17, 15) is 14.7 Å². The SMILES string of the molecule is CCN(CC(=O)O)C1CC(NC(=O)C(O)c2ccccc2)C1. The standard InChI is InChI=1S/C16H22N2O4/c1-2-18(10-14(19)20)13-8-12(9-13)17-16(22)15(21)11-6-4-3-5-7-11/h3-7,12-13,15,21H,2,8-10H2,1H3,(H,17,22)(H,19,20). The zero-order valence-electron chi connectivity index (χ0n) is 12.6. The van der Waals surface area contributed by atoms with Crippen molar-refractivity contribution in [2.45, 2.75) is 38.0 Å². The number of rotatable bonds is 7. The molecule has 1 amide bonds. The van der Waals surface area contributed by atoms with Gasteiger partial charge in [0.1, 0.15) is 0 Å². The number of carbonyl (C=O) groups is 2. The highest BCUT2D eigenvalue weighted by Gasteiger charge is 2.35. The molecule has 3 N–H and O–H groups in total. The van der Waals surface area contributed by atoms with Gasteiger partial charge in [-0.3, -0.25) is 14.5 Å². The summed E-state index contributed by atoms with van der Waals surface area (Å²) in [5.41, 5.74) is 0.567. The van der Waals surface area contributed by atoms with E-state index >= 15 is 0 Å². The lowest BCUT2D eigenvalue weighted by molar-refractivity contribution is -0.140. The van der Waals surface area contributed by atoms with Crippen molar-refractivity contribution in [1.29, 1.82) is 0 Å². The minimum absolute atomic E-state index is 0.00120. The molecule has 1 aliphatic carbocycles. The Balaban J connectivity index is 1.79. The number of hydrogen-bond acceptors (Lipinski definition) is 4. The van der Waals surface area contributed by atoms with Crippen molar-refractivity contribution < 1.29 is 19.8 Å². The van der Waals surface area contributed by atoms with Gasteiger partial charge in [0, 0.05) is 12.1 Å². The number of nitrogens with zero attached hydrogens (tertiary/aromatic N) is 1. The predicted molar refractivity (Wildman–Crippen MR) is 81.2 cm³/mol. The van der Waals surface area contributed by atoms with Crippen molar-refractivity contribution >= 4 is 11.9 Å². The summed E-state index contributed by atoms with van der Waals surface area (Å²) in [5, 5.41) is 21.7. The molecule has 1 aromatic carbocycles. The van der Waals surface area contributed by atoms with Crippen molar-refractivity contribution in [3.05, 3.63) is 35.9 Å². The number of aliphatic hydroxyl groups excluding tert-OH is 1. The number of carboxylic acid groups (broad SMARTS) is 1. The molecule has 0 aromatic heterocycles. The monoisotopic (exact) mass is 306 g/mol. The molecule has 22 heavy (non-hydrogen) atoms. The van der Waals surface area contributed by atoms with Crippen LogP contribution in [0, 0.1) is 0 Å². The topological polar surface area (TPSA) is 89.9 Å². The molecular weight excluding hydrogens is 284 g/mol. The summed E-state index contributed by atoms with van der Waals surface area (Å²) >= 11 is 0. The van der Waals surface area contributed by atoms with Crippen LogP contribution in [-0.2, 0) is 9.59 Å². The number of aliphatic carboxylic acids is 1. The van der Waals surface area contributed by atoms with Crippen LogP contribution in [0.1, 0.15) is 31.4 Å². The summed E-state index contributed by atoms with van der Waals surface area (Å²) in [6.07, 6.45) is 0.268. The van der Waals surface area contributed by atoms with Gasteiger partial charge in [0.15, 0.2) is 6.10 Å². The second-order valence-corrected chi connectivity index (χ2v) is 5.60. The molecule has 1 aliphatic rings. The molecule has 6 heteroatoms. The van der Waals surface area contributed by atoms with Crippen molar-refractivity contribution in [3.63, 3.8) is 0 Å². The molecule has 1 unspecified atom stereocenters. The van der Waals surface area contributed by atoms with E-state index < -0.39 is 18.0 Å². The number of nitrogens with one attached hydrogen (secondary N) is 1. The Hall–Kier alpha value is -1.92. The summed E-state index contributed by atoms with van der Waals surface area (Å²) in [4.78, 5) is 24.7. The molecule has 1 atom stereocenters. The van der Waals surface area contributed by atoms with E-state index in [1.54, 1.807) is 24.3 Å². The van der Waals surface area contributed by atoms with E-state index in [2.05, 4.69) is 5.32 Å². The number of amides is 1. The van der Waals surface area contributed by atoms with E-state index in [0.717, 1.165) is 0 Å². The zero-order chi connectivity index (χ0) is 16.1. The maximum Gasteiger partial charge on any atom is 0.317 e. The third-order valence-corrected chi connectivity index (χ3v) is 4.08. The highest BCUT2D eigenvalue weighted by Crippen LogP contribution is 2.26. The maximum atomic E-state index is 12.0. The fourth-order valence-electron chi connectivity index (χ4n) is 2.74. The molecule has 0 radical (unpaired) electrons. The predicted octanol–water partition coefficient (Wildman–Crippen LogP) is 0.774. The van der Waals surface area contributed by atoms with Gasteiger partial charge < -0.3 is 15.5 Å². The van der Waals surface area contributed by atoms with E-state index in [-0.39, 0.29) is 18.6 Å². The molecular formula is C16H22N2O4. The Morgan fingerprint density at radius 2 is 1.95 bits per heavy atom. The van der Waals surface area contributed by atoms with Crippen LogP contribution < -0.4 is 5.32 Å². The van der Waals surface area contributed by atoms with Crippen LogP contribution in [0.3, 0.4) is 0 Å². The number of likely N-dealkylation sites (N-methyl/N-ethyl adjacent to an activating group) is 1. The van der Waals surface area contributed by atoms with Crippen LogP contribution in [0.25, 0.3) is 0 Å². The Morgan fingerprint density at radius 1 is 1.32 bits per heavy atom. The second kappa shape index (κ2) is 7.38. The Morgan fingerprint density at radius 3 is 2.50 bits per heavy atom. The molecule has 0 saturated heterocycles. The first-order chi connectivity index (χ1) is 10.5. The number of aliphatic hydroxyl groups is 1. The Labute approximate surface area is 129 Å². The Bertz CT molecular complexity index is 514. The number of benzene rings is 1. The fourth-order valence-corrected chi connectivity index (χ4v) is 2.74. The minimum Gasteiger partial charge on any atom is -0.480 e. The van der Waals surface area contributed by atoms with Crippen LogP contribution in [0.15, 0.2) is 30.3 Å². The first-order valence-corrected chi connectivity index (χ1v) is 7.50. The van der Waals surface area contributed by atoms with Gasteiger partial charge >= 0.3 is 5.97 Å². The van der Waals surface area contributed by atoms with Crippen LogP contribution in [0.4, 0.5) is 0 Å². The molecule has 1 fully saturated rings. The lowest BCUT2D eigenvalue weighted by atomic mass is 9.85. The zero-order valence-corrected chi connectivity index (χ0v) is 12.6. The summed E-state index contributed by atoms with van der Waals surface area (Å²) in [6, 6.07) is 8.97. The van der Waals surface area contributed by atoms with Crippen LogP contribution >= 0.6 is 0 Å². The molecule has 0 spiro atoms. The maximum absolute atomic E-state index is 12.0. The lowest BCUT2D eigenvalue weighted by Gasteiger charge is -2.42. The third-order valence-electron chi connectivity index (χ3n) is 4.08. The molecule has 0 heterocycles. The van der Waals surface area contributed by atoms with Gasteiger partial charge in [-0.05, 0) is 24.9 Å². The van der Waals surface area contributed by atoms with E-state index in [1.807, 2.05) is 17.9 Å². The van der Waals surface area contributed by atoms with Gasteiger partial charge in [0.2, 0.25) is 0 Å². The summed E-state index contributed by atoms with van der Waals surface area (Å²) < 4.78 is 0. The normalized spacial score (nSPS) is 22.0. The molecule has 6 nitrogen and oxygen atoms in total. The quantitative estimate of drug-likeness (QED) is 0.692. The summed E-state index contributed by atoms with van der Waals surface area (Å²) in [6.45, 7) is 2.62. The van der Waals surface area contributed by atoms with Crippen molar-refractivity contribution in [3.8, 4) is 0 Å². The molecule has 1 aromatic rings.